The van der Waals surface area contributed by atoms with Crippen LogP contribution in [0.2, 0.25) is 0 Å². The van der Waals surface area contributed by atoms with E-state index in [9.17, 15) is 9.59 Å². The zero-order chi connectivity index (χ0) is 13.1. The molecule has 2 amide bonds. The first-order valence-electron chi connectivity index (χ1n) is 6.51. The summed E-state index contributed by atoms with van der Waals surface area (Å²) in [6, 6.07) is -0.167. The predicted molar refractivity (Wildman–Crippen MR) is 64.4 cm³/mol. The maximum atomic E-state index is 12.3. The molecule has 2 saturated heterocycles. The van der Waals surface area contributed by atoms with Gasteiger partial charge in [0, 0.05) is 19.6 Å². The lowest BCUT2D eigenvalue weighted by Crippen LogP contribution is -2.52. The SMILES string of the molecule is CCCN(CC(=O)O)C(=O)N1CC2CCC(C1)O2. The van der Waals surface area contributed by atoms with Crippen LogP contribution in [0.3, 0.4) is 0 Å². The van der Waals surface area contributed by atoms with Crippen LogP contribution in [0.25, 0.3) is 0 Å². The molecular formula is C12H20N2O4. The Hall–Kier alpha value is -1.30. The first-order valence-corrected chi connectivity index (χ1v) is 6.51. The zero-order valence-corrected chi connectivity index (χ0v) is 10.7. The number of carbonyl (C=O) groups is 2. The smallest absolute Gasteiger partial charge is 0.323 e. The highest BCUT2D eigenvalue weighted by molar-refractivity contribution is 5.80. The maximum absolute atomic E-state index is 12.3. The van der Waals surface area contributed by atoms with E-state index in [0.29, 0.717) is 19.6 Å². The predicted octanol–water partition coefficient (Wildman–Crippen LogP) is 0.766. The van der Waals surface area contributed by atoms with E-state index in [4.69, 9.17) is 9.84 Å². The van der Waals surface area contributed by atoms with Crippen LogP contribution < -0.4 is 0 Å². The molecule has 2 bridgehead atoms. The molecule has 6 heteroatoms. The number of likely N-dealkylation sites (tertiary alicyclic amines) is 1. The summed E-state index contributed by atoms with van der Waals surface area (Å²) >= 11 is 0. The van der Waals surface area contributed by atoms with E-state index in [-0.39, 0.29) is 24.8 Å². The lowest BCUT2D eigenvalue weighted by atomic mass is 10.2. The molecule has 2 rings (SSSR count). The summed E-state index contributed by atoms with van der Waals surface area (Å²) in [5.74, 6) is -0.965. The van der Waals surface area contributed by atoms with Crippen LogP contribution in [0.4, 0.5) is 4.79 Å². The van der Waals surface area contributed by atoms with E-state index < -0.39 is 5.97 Å². The third kappa shape index (κ3) is 2.93. The molecule has 2 atom stereocenters. The molecule has 2 fully saturated rings. The normalized spacial score (nSPS) is 26.2. The average molecular weight is 256 g/mol. The van der Waals surface area contributed by atoms with E-state index in [1.54, 1.807) is 4.90 Å². The number of nitrogens with zero attached hydrogens (tertiary/aromatic N) is 2. The van der Waals surface area contributed by atoms with Crippen molar-refractivity contribution in [2.45, 2.75) is 38.4 Å². The molecule has 2 heterocycles. The Labute approximate surface area is 106 Å². The van der Waals surface area contributed by atoms with Crippen molar-refractivity contribution in [1.29, 1.82) is 0 Å². The molecule has 2 unspecified atom stereocenters. The van der Waals surface area contributed by atoms with Crippen LogP contribution in [0.5, 0.6) is 0 Å². The average Bonchev–Trinajstić information content (AvgIpc) is 2.66. The van der Waals surface area contributed by atoms with Crippen molar-refractivity contribution in [3.05, 3.63) is 0 Å². The Kier molecular flexibility index (Phi) is 4.06. The number of fused-ring (bicyclic) bond motifs is 2. The van der Waals surface area contributed by atoms with Crippen molar-refractivity contribution >= 4 is 12.0 Å². The van der Waals surface area contributed by atoms with E-state index in [0.717, 1.165) is 19.3 Å². The van der Waals surface area contributed by atoms with E-state index in [1.807, 2.05) is 6.92 Å². The van der Waals surface area contributed by atoms with Crippen molar-refractivity contribution in [3.8, 4) is 0 Å². The number of carboxylic acids is 1. The molecule has 0 radical (unpaired) electrons. The third-order valence-electron chi connectivity index (χ3n) is 3.40. The molecule has 0 aromatic carbocycles. The summed E-state index contributed by atoms with van der Waals surface area (Å²) in [6.07, 6.45) is 3.04. The summed E-state index contributed by atoms with van der Waals surface area (Å²) in [5.41, 5.74) is 0. The fraction of sp³-hybridized carbons (Fsp3) is 0.833. The Morgan fingerprint density at radius 3 is 2.44 bits per heavy atom. The summed E-state index contributed by atoms with van der Waals surface area (Å²) < 4.78 is 5.67. The van der Waals surface area contributed by atoms with Crippen molar-refractivity contribution in [1.82, 2.24) is 9.80 Å². The van der Waals surface area contributed by atoms with Crippen LogP contribution in [0.1, 0.15) is 26.2 Å². The highest BCUT2D eigenvalue weighted by Gasteiger charge is 2.37. The highest BCUT2D eigenvalue weighted by Crippen LogP contribution is 2.26. The Bertz CT molecular complexity index is 322. The first kappa shape index (κ1) is 13.1. The number of rotatable bonds is 4. The van der Waals surface area contributed by atoms with Crippen molar-refractivity contribution in [3.63, 3.8) is 0 Å². The Morgan fingerprint density at radius 1 is 1.33 bits per heavy atom. The van der Waals surface area contributed by atoms with Crippen LogP contribution in [-0.4, -0.2) is 65.3 Å². The topological polar surface area (TPSA) is 70.1 Å². The van der Waals surface area contributed by atoms with Gasteiger partial charge in [-0.1, -0.05) is 6.92 Å². The summed E-state index contributed by atoms with van der Waals surface area (Å²) in [4.78, 5) is 26.2. The van der Waals surface area contributed by atoms with Gasteiger partial charge >= 0.3 is 12.0 Å². The lowest BCUT2D eigenvalue weighted by molar-refractivity contribution is -0.137. The second kappa shape index (κ2) is 5.56. The minimum atomic E-state index is -0.965. The standard InChI is InChI=1S/C12H20N2O4/c1-2-5-13(8-11(15)16)12(17)14-6-9-3-4-10(7-14)18-9/h9-10H,2-8H2,1H3,(H,15,16). The van der Waals surface area contributed by atoms with Gasteiger partial charge in [-0.05, 0) is 19.3 Å². The van der Waals surface area contributed by atoms with E-state index in [2.05, 4.69) is 0 Å². The van der Waals surface area contributed by atoms with Gasteiger partial charge in [-0.25, -0.2) is 4.79 Å². The minimum absolute atomic E-state index is 0.140. The minimum Gasteiger partial charge on any atom is -0.480 e. The molecule has 0 aliphatic carbocycles. The summed E-state index contributed by atoms with van der Waals surface area (Å²) in [5, 5.41) is 8.84. The number of amides is 2. The molecule has 102 valence electrons. The van der Waals surface area contributed by atoms with Gasteiger partial charge in [-0.15, -0.1) is 0 Å². The molecular weight excluding hydrogens is 236 g/mol. The van der Waals surface area contributed by atoms with E-state index >= 15 is 0 Å². The first-order chi connectivity index (χ1) is 8.60. The molecule has 0 aromatic heterocycles. The fourth-order valence-electron chi connectivity index (χ4n) is 2.65. The van der Waals surface area contributed by atoms with Crippen LogP contribution in [-0.2, 0) is 9.53 Å². The van der Waals surface area contributed by atoms with Gasteiger partial charge < -0.3 is 19.6 Å². The Morgan fingerprint density at radius 2 is 1.94 bits per heavy atom. The molecule has 2 aliphatic rings. The van der Waals surface area contributed by atoms with Gasteiger partial charge in [-0.3, -0.25) is 4.79 Å². The molecule has 0 spiro atoms. The quantitative estimate of drug-likeness (QED) is 0.806. The van der Waals surface area contributed by atoms with Crippen molar-refractivity contribution in [2.75, 3.05) is 26.2 Å². The second-order valence-corrected chi connectivity index (χ2v) is 4.96. The molecule has 0 saturated carbocycles. The number of ether oxygens (including phenoxy) is 1. The highest BCUT2D eigenvalue weighted by atomic mass is 16.5. The maximum Gasteiger partial charge on any atom is 0.323 e. The lowest BCUT2D eigenvalue weighted by Gasteiger charge is -2.35. The number of hydrogen-bond donors (Lipinski definition) is 1. The number of carboxylic acid groups (broad SMARTS) is 1. The number of hydrogen-bond acceptors (Lipinski definition) is 3. The zero-order valence-electron chi connectivity index (χ0n) is 10.7. The van der Waals surface area contributed by atoms with Crippen LogP contribution in [0.15, 0.2) is 0 Å². The number of urea groups is 1. The molecule has 2 aliphatic heterocycles. The van der Waals surface area contributed by atoms with Gasteiger partial charge in [0.25, 0.3) is 0 Å². The van der Waals surface area contributed by atoms with E-state index in [1.165, 1.54) is 4.90 Å². The monoisotopic (exact) mass is 256 g/mol. The van der Waals surface area contributed by atoms with Gasteiger partial charge in [-0.2, -0.15) is 0 Å². The Balaban J connectivity index is 1.97. The van der Waals surface area contributed by atoms with Crippen molar-refractivity contribution in [2.24, 2.45) is 0 Å². The van der Waals surface area contributed by atoms with Crippen LogP contribution in [0, 0.1) is 0 Å². The van der Waals surface area contributed by atoms with Gasteiger partial charge in [0.1, 0.15) is 6.54 Å². The fourth-order valence-corrected chi connectivity index (χ4v) is 2.65. The summed E-state index contributed by atoms with van der Waals surface area (Å²) in [6.45, 7) is 3.38. The van der Waals surface area contributed by atoms with Gasteiger partial charge in [0.05, 0.1) is 12.2 Å². The second-order valence-electron chi connectivity index (χ2n) is 4.96. The number of aliphatic carboxylic acids is 1. The van der Waals surface area contributed by atoms with Crippen molar-refractivity contribution < 1.29 is 19.4 Å². The number of carbonyl (C=O) groups excluding carboxylic acids is 1. The molecule has 6 nitrogen and oxygen atoms in total. The number of morpholine rings is 1. The van der Waals surface area contributed by atoms with Crippen LogP contribution >= 0.6 is 0 Å². The molecule has 18 heavy (non-hydrogen) atoms. The van der Waals surface area contributed by atoms with Gasteiger partial charge in [0.15, 0.2) is 0 Å². The third-order valence-corrected chi connectivity index (χ3v) is 3.40. The largest absolute Gasteiger partial charge is 0.480 e. The summed E-state index contributed by atoms with van der Waals surface area (Å²) in [7, 11) is 0. The molecule has 0 aromatic rings. The molecule has 1 N–H and O–H groups in total. The van der Waals surface area contributed by atoms with Gasteiger partial charge in [0.2, 0.25) is 0 Å².